The lowest BCUT2D eigenvalue weighted by molar-refractivity contribution is -0.141. The number of fused-ring (bicyclic) bond motifs is 1. The highest BCUT2D eigenvalue weighted by Crippen LogP contribution is 2.33. The van der Waals surface area contributed by atoms with Crippen molar-refractivity contribution in [3.63, 3.8) is 0 Å². The average molecular weight is 278 g/mol. The van der Waals surface area contributed by atoms with Crippen molar-refractivity contribution < 1.29 is 19.1 Å². The summed E-state index contributed by atoms with van der Waals surface area (Å²) in [5.74, 6) is 0.139. The van der Waals surface area contributed by atoms with Crippen molar-refractivity contribution in [1.82, 2.24) is 0 Å². The highest BCUT2D eigenvalue weighted by atomic mass is 16.5. The Bertz CT molecular complexity index is 516. The monoisotopic (exact) mass is 278 g/mol. The van der Waals surface area contributed by atoms with Crippen LogP contribution >= 0.6 is 0 Å². The van der Waals surface area contributed by atoms with Crippen molar-refractivity contribution >= 4 is 23.3 Å². The molecule has 0 radical (unpaired) electrons. The Labute approximate surface area is 117 Å². The van der Waals surface area contributed by atoms with Crippen LogP contribution in [0.5, 0.6) is 5.75 Å². The van der Waals surface area contributed by atoms with E-state index >= 15 is 0 Å². The van der Waals surface area contributed by atoms with Crippen LogP contribution in [0.4, 0.5) is 11.4 Å². The molecule has 1 aliphatic rings. The summed E-state index contributed by atoms with van der Waals surface area (Å²) in [5.41, 5.74) is 1.66. The fourth-order valence-electron chi connectivity index (χ4n) is 1.98. The van der Waals surface area contributed by atoms with Crippen molar-refractivity contribution in [2.75, 3.05) is 37.5 Å². The summed E-state index contributed by atoms with van der Waals surface area (Å²) < 4.78 is 10.1. The second kappa shape index (κ2) is 6.27. The van der Waals surface area contributed by atoms with Crippen molar-refractivity contribution in [3.05, 3.63) is 18.2 Å². The van der Waals surface area contributed by atoms with Gasteiger partial charge in [0.25, 0.3) is 0 Å². The normalized spacial score (nSPS) is 13.2. The molecule has 0 atom stereocenters. The summed E-state index contributed by atoms with van der Waals surface area (Å²) in [6, 6.07) is 5.52. The number of rotatable bonds is 4. The number of benzene rings is 1. The van der Waals surface area contributed by atoms with Crippen LogP contribution in [0.1, 0.15) is 12.8 Å². The minimum absolute atomic E-state index is 0.0759. The molecule has 0 saturated carbocycles. The third-order valence-electron chi connectivity index (χ3n) is 3.12. The van der Waals surface area contributed by atoms with Gasteiger partial charge in [-0.3, -0.25) is 9.59 Å². The number of carbonyl (C=O) groups is 2. The number of amides is 1. The third-order valence-corrected chi connectivity index (χ3v) is 3.12. The van der Waals surface area contributed by atoms with E-state index in [0.717, 1.165) is 18.0 Å². The van der Waals surface area contributed by atoms with Crippen LogP contribution in [0.15, 0.2) is 18.2 Å². The zero-order valence-corrected chi connectivity index (χ0v) is 11.6. The molecule has 0 aliphatic carbocycles. The first-order chi connectivity index (χ1) is 9.60. The first-order valence-electron chi connectivity index (χ1n) is 6.45. The molecular weight excluding hydrogens is 260 g/mol. The quantitative estimate of drug-likeness (QED) is 0.843. The number of ether oxygens (including phenoxy) is 2. The molecule has 1 N–H and O–H groups in total. The fourth-order valence-corrected chi connectivity index (χ4v) is 1.98. The first kappa shape index (κ1) is 14.2. The lowest BCUT2D eigenvalue weighted by atomic mass is 10.2. The second-order valence-electron chi connectivity index (χ2n) is 4.58. The smallest absolute Gasteiger partial charge is 0.306 e. The maximum Gasteiger partial charge on any atom is 0.306 e. The molecule has 108 valence electrons. The molecule has 0 aromatic heterocycles. The molecule has 0 saturated heterocycles. The van der Waals surface area contributed by atoms with Gasteiger partial charge in [0.1, 0.15) is 12.4 Å². The predicted octanol–water partition coefficient (Wildman–Crippen LogP) is 1.41. The van der Waals surface area contributed by atoms with Gasteiger partial charge in [0.05, 0.1) is 25.8 Å². The summed E-state index contributed by atoms with van der Waals surface area (Å²) >= 11 is 0. The number of likely N-dealkylation sites (N-methyl/N-ethyl adjacent to an activating group) is 1. The van der Waals surface area contributed by atoms with Crippen LogP contribution in [0.25, 0.3) is 0 Å². The van der Waals surface area contributed by atoms with Crippen LogP contribution in [-0.4, -0.2) is 39.2 Å². The molecule has 6 heteroatoms. The van der Waals surface area contributed by atoms with Crippen LogP contribution in [0.2, 0.25) is 0 Å². The van der Waals surface area contributed by atoms with Crippen LogP contribution < -0.4 is 15.0 Å². The number of anilines is 2. The molecule has 1 aromatic rings. The molecule has 20 heavy (non-hydrogen) atoms. The number of hydrogen-bond donors (Lipinski definition) is 1. The van der Waals surface area contributed by atoms with Crippen molar-refractivity contribution in [2.24, 2.45) is 0 Å². The van der Waals surface area contributed by atoms with E-state index < -0.39 is 5.97 Å². The number of nitrogens with one attached hydrogen (secondary N) is 1. The summed E-state index contributed by atoms with van der Waals surface area (Å²) in [4.78, 5) is 24.8. The highest BCUT2D eigenvalue weighted by molar-refractivity contribution is 5.93. The van der Waals surface area contributed by atoms with E-state index in [9.17, 15) is 9.59 Å². The van der Waals surface area contributed by atoms with Gasteiger partial charge in [0.2, 0.25) is 5.91 Å². The Morgan fingerprint density at radius 3 is 2.95 bits per heavy atom. The van der Waals surface area contributed by atoms with E-state index in [2.05, 4.69) is 15.0 Å². The van der Waals surface area contributed by atoms with E-state index in [4.69, 9.17) is 4.74 Å². The Balaban J connectivity index is 1.96. The van der Waals surface area contributed by atoms with E-state index in [1.165, 1.54) is 7.11 Å². The molecule has 6 nitrogen and oxygen atoms in total. The molecule has 1 heterocycles. The zero-order valence-electron chi connectivity index (χ0n) is 11.6. The largest absolute Gasteiger partial charge is 0.489 e. The van der Waals surface area contributed by atoms with Gasteiger partial charge in [0, 0.05) is 25.2 Å². The van der Waals surface area contributed by atoms with Gasteiger partial charge in [0.15, 0.2) is 0 Å². The van der Waals surface area contributed by atoms with Gasteiger partial charge in [-0.1, -0.05) is 0 Å². The number of esters is 1. The van der Waals surface area contributed by atoms with Crippen LogP contribution in [0, 0.1) is 0 Å². The van der Waals surface area contributed by atoms with E-state index in [-0.39, 0.29) is 18.7 Å². The topological polar surface area (TPSA) is 67.9 Å². The second-order valence-corrected chi connectivity index (χ2v) is 4.58. The molecule has 1 aromatic carbocycles. The molecule has 0 bridgehead atoms. The average Bonchev–Trinajstić information content (AvgIpc) is 2.45. The lowest BCUT2D eigenvalue weighted by Gasteiger charge is -2.27. The van der Waals surface area contributed by atoms with Crippen LogP contribution in [0.3, 0.4) is 0 Å². The van der Waals surface area contributed by atoms with Gasteiger partial charge in [-0.25, -0.2) is 0 Å². The van der Waals surface area contributed by atoms with E-state index in [1.54, 1.807) is 6.07 Å². The molecule has 1 amide bonds. The van der Waals surface area contributed by atoms with Gasteiger partial charge >= 0.3 is 5.97 Å². The van der Waals surface area contributed by atoms with Gasteiger partial charge in [-0.15, -0.1) is 0 Å². The Morgan fingerprint density at radius 1 is 1.40 bits per heavy atom. The summed E-state index contributed by atoms with van der Waals surface area (Å²) in [5, 5.41) is 2.74. The number of nitrogens with zero attached hydrogens (tertiary/aromatic N) is 1. The molecule has 0 spiro atoms. The van der Waals surface area contributed by atoms with E-state index in [0.29, 0.717) is 12.3 Å². The summed E-state index contributed by atoms with van der Waals surface area (Å²) in [6.45, 7) is 1.47. The molecule has 0 fully saturated rings. The molecule has 0 unspecified atom stereocenters. The Kier molecular flexibility index (Phi) is 4.45. The molecule has 1 aliphatic heterocycles. The standard InChI is InChI=1S/C14H18N2O4/c1-16-7-8-20-12-9-10(3-4-11(12)16)15-13(17)5-6-14(18)19-2/h3-4,9H,5-8H2,1-2H3,(H,15,17). The fraction of sp³-hybridized carbons (Fsp3) is 0.429. The Hall–Kier alpha value is -2.24. The third kappa shape index (κ3) is 3.40. The van der Waals surface area contributed by atoms with Crippen molar-refractivity contribution in [2.45, 2.75) is 12.8 Å². The van der Waals surface area contributed by atoms with Gasteiger partial charge < -0.3 is 19.7 Å². The number of carbonyl (C=O) groups excluding carboxylic acids is 2. The number of hydrogen-bond acceptors (Lipinski definition) is 5. The van der Waals surface area contributed by atoms with Crippen molar-refractivity contribution in [1.29, 1.82) is 0 Å². The maximum absolute atomic E-state index is 11.7. The highest BCUT2D eigenvalue weighted by Gasteiger charge is 2.15. The van der Waals surface area contributed by atoms with Gasteiger partial charge in [-0.05, 0) is 12.1 Å². The van der Waals surface area contributed by atoms with Crippen LogP contribution in [-0.2, 0) is 14.3 Å². The number of methoxy groups -OCH3 is 1. The molecule has 2 rings (SSSR count). The SMILES string of the molecule is COC(=O)CCC(=O)Nc1ccc2c(c1)OCCN2C. The molecular formula is C14H18N2O4. The summed E-state index contributed by atoms with van der Waals surface area (Å²) in [7, 11) is 3.30. The summed E-state index contributed by atoms with van der Waals surface area (Å²) in [6.07, 6.45) is 0.178. The maximum atomic E-state index is 11.7. The van der Waals surface area contributed by atoms with Gasteiger partial charge in [-0.2, -0.15) is 0 Å². The van der Waals surface area contributed by atoms with E-state index in [1.807, 2.05) is 19.2 Å². The minimum atomic E-state index is -0.393. The van der Waals surface area contributed by atoms with Crippen molar-refractivity contribution in [3.8, 4) is 5.75 Å². The predicted molar refractivity (Wildman–Crippen MR) is 75.1 cm³/mol. The minimum Gasteiger partial charge on any atom is -0.489 e. The lowest BCUT2D eigenvalue weighted by Crippen LogP contribution is -2.28. The Morgan fingerprint density at radius 2 is 2.20 bits per heavy atom. The first-order valence-corrected chi connectivity index (χ1v) is 6.45. The zero-order chi connectivity index (χ0) is 14.5.